The van der Waals surface area contributed by atoms with Gasteiger partial charge in [0.25, 0.3) is 5.56 Å². The van der Waals surface area contributed by atoms with Crippen molar-refractivity contribution in [1.82, 2.24) is 9.88 Å². The predicted octanol–water partition coefficient (Wildman–Crippen LogP) is 3.15. The molecule has 1 fully saturated rings. The summed E-state index contributed by atoms with van der Waals surface area (Å²) in [5.74, 6) is 0.616. The Hall–Kier alpha value is -3.30. The zero-order valence-corrected chi connectivity index (χ0v) is 19.3. The van der Waals surface area contributed by atoms with Gasteiger partial charge in [0.05, 0.1) is 23.5 Å². The third kappa shape index (κ3) is 3.74. The maximum atomic E-state index is 12.5. The lowest BCUT2D eigenvalue weighted by Crippen LogP contribution is -2.28. The second kappa shape index (κ2) is 8.48. The first kappa shape index (κ1) is 21.2. The van der Waals surface area contributed by atoms with E-state index in [0.717, 1.165) is 33.7 Å². The van der Waals surface area contributed by atoms with Crippen LogP contribution in [0.15, 0.2) is 58.2 Å². The highest BCUT2D eigenvalue weighted by Gasteiger charge is 2.33. The Morgan fingerprint density at radius 1 is 1.09 bits per heavy atom. The third-order valence-electron chi connectivity index (χ3n) is 6.70. The van der Waals surface area contributed by atoms with Gasteiger partial charge in [0, 0.05) is 35.7 Å². The van der Waals surface area contributed by atoms with Gasteiger partial charge in [0.2, 0.25) is 5.91 Å². The molecule has 0 unspecified atom stereocenters. The van der Waals surface area contributed by atoms with E-state index in [4.69, 9.17) is 4.74 Å². The Morgan fingerprint density at radius 3 is 2.91 bits per heavy atom. The van der Waals surface area contributed by atoms with E-state index >= 15 is 0 Å². The maximum absolute atomic E-state index is 12.5. The molecule has 3 aromatic rings. The molecule has 4 heterocycles. The van der Waals surface area contributed by atoms with Crippen molar-refractivity contribution < 1.29 is 14.3 Å². The molecule has 34 heavy (non-hydrogen) atoms. The lowest BCUT2D eigenvalue weighted by Gasteiger charge is -2.20. The van der Waals surface area contributed by atoms with Crippen LogP contribution in [0, 0.1) is 0 Å². The summed E-state index contributed by atoms with van der Waals surface area (Å²) in [5.41, 5.74) is 3.76. The Balaban J connectivity index is 1.05. The number of aromatic nitrogens is 1. The first-order chi connectivity index (χ1) is 16.6. The molecule has 0 aliphatic carbocycles. The molecule has 0 radical (unpaired) electrons. The number of nitrogens with zero attached hydrogens (tertiary/aromatic N) is 2. The first-order valence-corrected chi connectivity index (χ1v) is 12.4. The molecule has 9 heteroatoms. The highest BCUT2D eigenvalue weighted by Crippen LogP contribution is 2.36. The molecule has 2 N–H and O–H groups in total. The largest absolute Gasteiger partial charge is 0.444 e. The predicted molar refractivity (Wildman–Crippen MR) is 132 cm³/mol. The number of hydrogen-bond donors (Lipinski definition) is 2. The van der Waals surface area contributed by atoms with Gasteiger partial charge in [-0.25, -0.2) is 4.79 Å². The Labute approximate surface area is 200 Å². The number of hydrogen-bond acceptors (Lipinski definition) is 6. The molecule has 174 valence electrons. The van der Waals surface area contributed by atoms with Gasteiger partial charge in [-0.15, -0.1) is 11.8 Å². The van der Waals surface area contributed by atoms with Gasteiger partial charge in [0.1, 0.15) is 6.10 Å². The third-order valence-corrected chi connectivity index (χ3v) is 7.77. The van der Waals surface area contributed by atoms with Crippen LogP contribution in [-0.2, 0) is 16.1 Å². The van der Waals surface area contributed by atoms with Gasteiger partial charge >= 0.3 is 6.09 Å². The Bertz CT molecular complexity index is 1370. The number of benzene rings is 2. The normalized spacial score (nSPS) is 21.0. The van der Waals surface area contributed by atoms with Crippen LogP contribution < -0.4 is 21.1 Å². The number of rotatable bonds is 6. The second-order valence-electron chi connectivity index (χ2n) is 8.89. The molecular weight excluding hydrogens is 452 g/mol. The first-order valence-electron chi connectivity index (χ1n) is 11.4. The minimum atomic E-state index is -0.364. The van der Waals surface area contributed by atoms with Crippen LogP contribution in [0.4, 0.5) is 16.2 Å². The monoisotopic (exact) mass is 476 g/mol. The molecule has 3 aliphatic rings. The highest BCUT2D eigenvalue weighted by atomic mass is 32.2. The van der Waals surface area contributed by atoms with Crippen molar-refractivity contribution in [2.75, 3.05) is 35.6 Å². The number of carbonyl (C=O) groups is 2. The van der Waals surface area contributed by atoms with Gasteiger partial charge < -0.3 is 19.9 Å². The molecule has 2 atom stereocenters. The summed E-state index contributed by atoms with van der Waals surface area (Å²) in [6.07, 6.45) is 0.132. The summed E-state index contributed by atoms with van der Waals surface area (Å²) in [5, 5.41) is 7.45. The summed E-state index contributed by atoms with van der Waals surface area (Å²) in [4.78, 5) is 39.1. The van der Waals surface area contributed by atoms with Crippen molar-refractivity contribution >= 4 is 46.0 Å². The molecule has 0 saturated carbocycles. The number of ether oxygens (including phenoxy) is 1. The number of anilines is 2. The highest BCUT2D eigenvalue weighted by molar-refractivity contribution is 8.00. The standard InChI is InChI=1S/C25H24N4O4S/c30-22-14-34-21-6-5-17(10-20(21)27-22)28-13-18(33-25(28)32)8-9-26-11-16-12-29-23(31)7-4-15-2-1-3-19(16)24(15)29/h1-7,10,16,18,26H,8-9,11-14H2,(H,27,30)/t16-,18-/m1/s1. The summed E-state index contributed by atoms with van der Waals surface area (Å²) in [6, 6.07) is 15.4. The number of amides is 2. The summed E-state index contributed by atoms with van der Waals surface area (Å²) in [7, 11) is 0. The number of thioether (sulfide) groups is 1. The number of nitrogens with one attached hydrogen (secondary N) is 2. The zero-order valence-electron chi connectivity index (χ0n) is 18.5. The van der Waals surface area contributed by atoms with E-state index in [1.165, 1.54) is 17.3 Å². The molecule has 2 aromatic carbocycles. The van der Waals surface area contributed by atoms with E-state index in [9.17, 15) is 14.4 Å². The van der Waals surface area contributed by atoms with Crippen LogP contribution in [-0.4, -0.2) is 48.1 Å². The fourth-order valence-corrected chi connectivity index (χ4v) is 5.84. The fraction of sp³-hybridized carbons (Fsp3) is 0.320. The SMILES string of the molecule is O=C1CSc2ccc(N3C[C@@H](CCNC[C@@H]4Cn5c(=O)ccc6cccc4c65)OC3=O)cc2N1. The van der Waals surface area contributed by atoms with Crippen LogP contribution in [0.2, 0.25) is 0 Å². The molecule has 1 aromatic heterocycles. The van der Waals surface area contributed by atoms with Gasteiger partial charge in [0.15, 0.2) is 0 Å². The number of fused-ring (bicyclic) bond motifs is 1. The summed E-state index contributed by atoms with van der Waals surface area (Å²) < 4.78 is 7.46. The lowest BCUT2D eigenvalue weighted by atomic mass is 10.00. The molecular formula is C25H24N4O4S. The number of carbonyl (C=O) groups excluding carboxylic acids is 2. The average Bonchev–Trinajstić information content (AvgIpc) is 3.40. The zero-order chi connectivity index (χ0) is 23.2. The second-order valence-corrected chi connectivity index (χ2v) is 9.91. The maximum Gasteiger partial charge on any atom is 0.414 e. The molecule has 6 rings (SSSR count). The van der Waals surface area contributed by atoms with E-state index in [1.54, 1.807) is 11.0 Å². The van der Waals surface area contributed by atoms with E-state index in [1.807, 2.05) is 41.0 Å². The van der Waals surface area contributed by atoms with Crippen molar-refractivity contribution in [1.29, 1.82) is 0 Å². The Kier molecular flexibility index (Phi) is 5.30. The van der Waals surface area contributed by atoms with Gasteiger partial charge in [-0.1, -0.05) is 18.2 Å². The van der Waals surface area contributed by atoms with Crippen LogP contribution in [0.1, 0.15) is 17.9 Å². The van der Waals surface area contributed by atoms with Crippen LogP contribution in [0.3, 0.4) is 0 Å². The molecule has 2 amide bonds. The van der Waals surface area contributed by atoms with Crippen LogP contribution >= 0.6 is 11.8 Å². The van der Waals surface area contributed by atoms with E-state index in [2.05, 4.69) is 16.7 Å². The quantitative estimate of drug-likeness (QED) is 0.531. The number of para-hydroxylation sites is 1. The molecule has 3 aliphatic heterocycles. The van der Waals surface area contributed by atoms with E-state index < -0.39 is 0 Å². The summed E-state index contributed by atoms with van der Waals surface area (Å²) in [6.45, 7) is 2.62. The van der Waals surface area contributed by atoms with Crippen molar-refractivity contribution in [2.45, 2.75) is 29.9 Å². The van der Waals surface area contributed by atoms with E-state index in [0.29, 0.717) is 31.8 Å². The topological polar surface area (TPSA) is 92.7 Å². The van der Waals surface area contributed by atoms with Gasteiger partial charge in [-0.2, -0.15) is 0 Å². The Morgan fingerprint density at radius 2 is 2.00 bits per heavy atom. The molecule has 8 nitrogen and oxygen atoms in total. The lowest BCUT2D eigenvalue weighted by molar-refractivity contribution is -0.113. The van der Waals surface area contributed by atoms with Gasteiger partial charge in [-0.05, 0) is 48.2 Å². The average molecular weight is 477 g/mol. The van der Waals surface area contributed by atoms with Crippen molar-refractivity contribution in [3.63, 3.8) is 0 Å². The number of cyclic esters (lactones) is 1. The molecule has 1 saturated heterocycles. The minimum Gasteiger partial charge on any atom is -0.444 e. The van der Waals surface area contributed by atoms with Crippen LogP contribution in [0.5, 0.6) is 0 Å². The molecule has 0 bridgehead atoms. The van der Waals surface area contributed by atoms with E-state index in [-0.39, 0.29) is 29.6 Å². The van der Waals surface area contributed by atoms with Crippen molar-refractivity contribution in [3.05, 3.63) is 64.4 Å². The number of pyridine rings is 1. The summed E-state index contributed by atoms with van der Waals surface area (Å²) >= 11 is 1.49. The molecule has 0 spiro atoms. The van der Waals surface area contributed by atoms with Crippen LogP contribution in [0.25, 0.3) is 10.9 Å². The minimum absolute atomic E-state index is 0.0333. The van der Waals surface area contributed by atoms with Crippen molar-refractivity contribution in [2.24, 2.45) is 0 Å². The smallest absolute Gasteiger partial charge is 0.414 e. The van der Waals surface area contributed by atoms with Gasteiger partial charge in [-0.3, -0.25) is 14.5 Å². The van der Waals surface area contributed by atoms with Crippen molar-refractivity contribution in [3.8, 4) is 0 Å². The fourth-order valence-electron chi connectivity index (χ4n) is 5.05.